The van der Waals surface area contributed by atoms with Gasteiger partial charge in [0.2, 0.25) is 5.91 Å². The number of morpholine rings is 1. The molecule has 29 heavy (non-hydrogen) atoms. The van der Waals surface area contributed by atoms with Crippen molar-refractivity contribution in [3.63, 3.8) is 0 Å². The van der Waals surface area contributed by atoms with E-state index in [2.05, 4.69) is 29.4 Å². The highest BCUT2D eigenvalue weighted by atomic mass is 16.5. The standard InChI is InChI=1S/C22H34N4O3/c1-16-13-25(14-17(2)29-16)15-18-8-10-26(11-9-18)22(28)24-20-7-5-4-6-19(20)12-21(27)23-3/h4-7,16-18H,8-15H2,1-3H3,(H,23,27)(H,24,28). The lowest BCUT2D eigenvalue weighted by atomic mass is 9.96. The number of urea groups is 1. The highest BCUT2D eigenvalue weighted by Crippen LogP contribution is 2.22. The number of benzene rings is 1. The second-order valence-corrected chi connectivity index (χ2v) is 8.34. The second kappa shape index (κ2) is 10.1. The number of anilines is 1. The van der Waals surface area contributed by atoms with Crippen molar-refractivity contribution in [1.29, 1.82) is 0 Å². The summed E-state index contributed by atoms with van der Waals surface area (Å²) < 4.78 is 5.82. The number of ether oxygens (including phenoxy) is 1. The van der Waals surface area contributed by atoms with E-state index in [0.29, 0.717) is 23.8 Å². The van der Waals surface area contributed by atoms with Gasteiger partial charge in [0, 0.05) is 45.5 Å². The van der Waals surface area contributed by atoms with E-state index in [0.717, 1.165) is 51.1 Å². The lowest BCUT2D eigenvalue weighted by Crippen LogP contribution is -2.49. The van der Waals surface area contributed by atoms with Crippen LogP contribution in [0.15, 0.2) is 24.3 Å². The normalized spacial score (nSPS) is 23.6. The zero-order valence-corrected chi connectivity index (χ0v) is 17.8. The van der Waals surface area contributed by atoms with Gasteiger partial charge in [0.25, 0.3) is 0 Å². The summed E-state index contributed by atoms with van der Waals surface area (Å²) in [6.45, 7) is 8.88. The summed E-state index contributed by atoms with van der Waals surface area (Å²) in [6.07, 6.45) is 2.88. The van der Waals surface area contributed by atoms with Crippen molar-refractivity contribution in [2.45, 2.75) is 45.3 Å². The highest BCUT2D eigenvalue weighted by Gasteiger charge is 2.28. The van der Waals surface area contributed by atoms with Crippen LogP contribution in [0.2, 0.25) is 0 Å². The molecule has 2 aliphatic heterocycles. The molecule has 2 fully saturated rings. The van der Waals surface area contributed by atoms with Gasteiger partial charge in [0.1, 0.15) is 0 Å². The molecule has 2 heterocycles. The van der Waals surface area contributed by atoms with Crippen LogP contribution in [0.3, 0.4) is 0 Å². The molecular formula is C22H34N4O3. The van der Waals surface area contributed by atoms with Gasteiger partial charge in [-0.2, -0.15) is 0 Å². The number of para-hydroxylation sites is 1. The van der Waals surface area contributed by atoms with Crippen LogP contribution in [-0.4, -0.2) is 73.7 Å². The number of likely N-dealkylation sites (tertiary alicyclic amines) is 1. The smallest absolute Gasteiger partial charge is 0.321 e. The van der Waals surface area contributed by atoms with Crippen LogP contribution in [0, 0.1) is 5.92 Å². The Morgan fingerprint density at radius 2 is 1.76 bits per heavy atom. The predicted octanol–water partition coefficient (Wildman–Crippen LogP) is 2.33. The Morgan fingerprint density at radius 3 is 2.41 bits per heavy atom. The number of carbonyl (C=O) groups excluding carboxylic acids is 2. The molecule has 0 spiro atoms. The maximum Gasteiger partial charge on any atom is 0.321 e. The molecule has 1 aromatic carbocycles. The molecule has 1 aromatic rings. The van der Waals surface area contributed by atoms with Crippen molar-refractivity contribution in [3.8, 4) is 0 Å². The van der Waals surface area contributed by atoms with E-state index in [-0.39, 0.29) is 18.4 Å². The lowest BCUT2D eigenvalue weighted by Gasteiger charge is -2.39. The second-order valence-electron chi connectivity index (χ2n) is 8.34. The number of piperidine rings is 1. The summed E-state index contributed by atoms with van der Waals surface area (Å²) in [7, 11) is 1.62. The minimum atomic E-state index is -0.0820. The maximum atomic E-state index is 12.7. The summed E-state index contributed by atoms with van der Waals surface area (Å²) in [6, 6.07) is 7.40. The van der Waals surface area contributed by atoms with Crippen molar-refractivity contribution >= 4 is 17.6 Å². The summed E-state index contributed by atoms with van der Waals surface area (Å²) in [5.74, 6) is 0.552. The number of carbonyl (C=O) groups is 2. The van der Waals surface area contributed by atoms with E-state index in [1.165, 1.54) is 0 Å². The molecule has 0 bridgehead atoms. The first-order chi connectivity index (χ1) is 13.9. The number of nitrogens with zero attached hydrogens (tertiary/aromatic N) is 2. The quantitative estimate of drug-likeness (QED) is 0.793. The van der Waals surface area contributed by atoms with Crippen LogP contribution < -0.4 is 10.6 Å². The molecule has 3 amide bonds. The Bertz CT molecular complexity index is 693. The first-order valence-corrected chi connectivity index (χ1v) is 10.7. The third-order valence-corrected chi connectivity index (χ3v) is 5.80. The third-order valence-electron chi connectivity index (χ3n) is 5.80. The number of hydrogen-bond acceptors (Lipinski definition) is 4. The first-order valence-electron chi connectivity index (χ1n) is 10.7. The Hall–Kier alpha value is -2.12. The number of likely N-dealkylation sites (N-methyl/N-ethyl adjacent to an activating group) is 1. The van der Waals surface area contributed by atoms with Gasteiger partial charge in [-0.1, -0.05) is 18.2 Å². The molecule has 2 N–H and O–H groups in total. The van der Waals surface area contributed by atoms with Gasteiger partial charge in [-0.05, 0) is 44.2 Å². The summed E-state index contributed by atoms with van der Waals surface area (Å²) in [5, 5.41) is 5.62. The van der Waals surface area contributed by atoms with E-state index in [1.54, 1.807) is 7.05 Å². The van der Waals surface area contributed by atoms with Crippen LogP contribution in [0.25, 0.3) is 0 Å². The maximum absolute atomic E-state index is 12.7. The van der Waals surface area contributed by atoms with Gasteiger partial charge in [-0.25, -0.2) is 4.79 Å². The van der Waals surface area contributed by atoms with Crippen LogP contribution in [0.1, 0.15) is 32.3 Å². The molecule has 7 heteroatoms. The average Bonchev–Trinajstić information content (AvgIpc) is 2.69. The molecule has 7 nitrogen and oxygen atoms in total. The van der Waals surface area contributed by atoms with E-state index in [1.807, 2.05) is 29.2 Å². The molecule has 2 aliphatic rings. The van der Waals surface area contributed by atoms with Gasteiger partial charge < -0.3 is 20.3 Å². The SMILES string of the molecule is CNC(=O)Cc1ccccc1NC(=O)N1CCC(CN2CC(C)OC(C)C2)CC1. The van der Waals surface area contributed by atoms with E-state index in [9.17, 15) is 9.59 Å². The Kier molecular flexibility index (Phi) is 7.50. The molecule has 0 aromatic heterocycles. The van der Waals surface area contributed by atoms with Gasteiger partial charge in [0.05, 0.1) is 18.6 Å². The molecule has 160 valence electrons. The van der Waals surface area contributed by atoms with Crippen molar-refractivity contribution in [3.05, 3.63) is 29.8 Å². The van der Waals surface area contributed by atoms with Crippen molar-refractivity contribution in [2.24, 2.45) is 5.92 Å². The fraction of sp³-hybridized carbons (Fsp3) is 0.636. The van der Waals surface area contributed by atoms with E-state index in [4.69, 9.17) is 4.74 Å². The van der Waals surface area contributed by atoms with Gasteiger partial charge in [-0.3, -0.25) is 9.69 Å². The monoisotopic (exact) mass is 402 g/mol. The predicted molar refractivity (Wildman–Crippen MR) is 114 cm³/mol. The number of nitrogens with one attached hydrogen (secondary N) is 2. The average molecular weight is 403 g/mol. The molecule has 0 aliphatic carbocycles. The van der Waals surface area contributed by atoms with Crippen LogP contribution in [-0.2, 0) is 16.0 Å². The first kappa shape index (κ1) is 21.6. The molecule has 2 atom stereocenters. The zero-order valence-electron chi connectivity index (χ0n) is 17.8. The van der Waals surface area contributed by atoms with Crippen molar-refractivity contribution in [2.75, 3.05) is 45.1 Å². The van der Waals surface area contributed by atoms with E-state index < -0.39 is 0 Å². The van der Waals surface area contributed by atoms with Gasteiger partial charge >= 0.3 is 6.03 Å². The number of hydrogen-bond donors (Lipinski definition) is 2. The van der Waals surface area contributed by atoms with Gasteiger partial charge in [-0.15, -0.1) is 0 Å². The van der Waals surface area contributed by atoms with Crippen LogP contribution >= 0.6 is 0 Å². The Morgan fingerprint density at radius 1 is 1.10 bits per heavy atom. The zero-order chi connectivity index (χ0) is 20.8. The van der Waals surface area contributed by atoms with Crippen LogP contribution in [0.4, 0.5) is 10.5 Å². The van der Waals surface area contributed by atoms with Gasteiger partial charge in [0.15, 0.2) is 0 Å². The molecule has 2 unspecified atom stereocenters. The van der Waals surface area contributed by atoms with Crippen molar-refractivity contribution < 1.29 is 14.3 Å². The minimum absolute atomic E-state index is 0.0701. The molecule has 0 saturated carbocycles. The Labute approximate surface area is 173 Å². The molecule has 3 rings (SSSR count). The molecular weight excluding hydrogens is 368 g/mol. The Balaban J connectivity index is 1.49. The largest absolute Gasteiger partial charge is 0.373 e. The molecule has 2 saturated heterocycles. The fourth-order valence-corrected chi connectivity index (χ4v) is 4.37. The fourth-order valence-electron chi connectivity index (χ4n) is 4.37. The lowest BCUT2D eigenvalue weighted by molar-refractivity contribution is -0.119. The minimum Gasteiger partial charge on any atom is -0.373 e. The van der Waals surface area contributed by atoms with E-state index >= 15 is 0 Å². The third kappa shape index (κ3) is 6.18. The summed E-state index contributed by atoms with van der Waals surface area (Å²) >= 11 is 0. The topological polar surface area (TPSA) is 73.9 Å². The van der Waals surface area contributed by atoms with Crippen molar-refractivity contribution in [1.82, 2.24) is 15.1 Å². The number of rotatable bonds is 5. The number of amides is 3. The summed E-state index contributed by atoms with van der Waals surface area (Å²) in [5.41, 5.74) is 1.53. The van der Waals surface area contributed by atoms with Crippen LogP contribution in [0.5, 0.6) is 0 Å². The summed E-state index contributed by atoms with van der Waals surface area (Å²) in [4.78, 5) is 28.9. The molecule has 0 radical (unpaired) electrons. The highest BCUT2D eigenvalue weighted by molar-refractivity contribution is 5.91.